The molecule has 1 aliphatic heterocycles. The second-order valence-corrected chi connectivity index (χ2v) is 6.41. The number of hydrogen-bond acceptors (Lipinski definition) is 2. The first-order valence-corrected chi connectivity index (χ1v) is 8.02. The van der Waals surface area contributed by atoms with Gasteiger partial charge in [0.05, 0.1) is 0 Å². The zero-order chi connectivity index (χ0) is 13.9. The normalized spacial score (nSPS) is 23.1. The highest BCUT2D eigenvalue weighted by molar-refractivity contribution is 6.30. The van der Waals surface area contributed by atoms with Gasteiger partial charge >= 0.3 is 0 Å². The topological polar surface area (TPSA) is 15.3 Å². The molecule has 2 aliphatic rings. The van der Waals surface area contributed by atoms with Gasteiger partial charge in [-0.15, -0.1) is 0 Å². The van der Waals surface area contributed by atoms with Crippen LogP contribution in [0.4, 0.5) is 4.39 Å². The Morgan fingerprint density at radius 1 is 1.15 bits per heavy atom. The number of nitrogens with one attached hydrogen (secondary N) is 1. The monoisotopic (exact) mass is 296 g/mol. The molecule has 110 valence electrons. The number of piperazine rings is 1. The lowest BCUT2D eigenvalue weighted by molar-refractivity contribution is 0.125. The van der Waals surface area contributed by atoms with Crippen molar-refractivity contribution in [2.24, 2.45) is 5.92 Å². The van der Waals surface area contributed by atoms with E-state index in [-0.39, 0.29) is 5.82 Å². The predicted molar refractivity (Wildman–Crippen MR) is 80.6 cm³/mol. The Balaban J connectivity index is 1.90. The summed E-state index contributed by atoms with van der Waals surface area (Å²) in [6.07, 6.45) is 5.11. The van der Waals surface area contributed by atoms with Crippen molar-refractivity contribution < 1.29 is 4.39 Å². The fourth-order valence-electron chi connectivity index (χ4n) is 3.76. The van der Waals surface area contributed by atoms with Crippen molar-refractivity contribution in [2.45, 2.75) is 31.7 Å². The van der Waals surface area contributed by atoms with E-state index in [1.807, 2.05) is 6.07 Å². The summed E-state index contributed by atoms with van der Waals surface area (Å²) < 4.78 is 13.7. The first kappa shape index (κ1) is 14.3. The zero-order valence-electron chi connectivity index (χ0n) is 11.7. The molecule has 2 nitrogen and oxygen atoms in total. The summed E-state index contributed by atoms with van der Waals surface area (Å²) in [4.78, 5) is 2.51. The van der Waals surface area contributed by atoms with Gasteiger partial charge in [0.1, 0.15) is 5.82 Å². The average Bonchev–Trinajstić information content (AvgIpc) is 2.93. The number of nitrogens with zero attached hydrogens (tertiary/aromatic N) is 1. The Bertz CT molecular complexity index is 434. The van der Waals surface area contributed by atoms with Gasteiger partial charge in [0.2, 0.25) is 0 Å². The number of hydrogen-bond donors (Lipinski definition) is 1. The van der Waals surface area contributed by atoms with Crippen LogP contribution in [-0.4, -0.2) is 31.1 Å². The van der Waals surface area contributed by atoms with Crippen molar-refractivity contribution in [1.82, 2.24) is 10.2 Å². The first-order chi connectivity index (χ1) is 9.74. The Kier molecular flexibility index (Phi) is 4.59. The lowest BCUT2D eigenvalue weighted by Gasteiger charge is -2.38. The van der Waals surface area contributed by atoms with E-state index < -0.39 is 0 Å². The van der Waals surface area contributed by atoms with Gasteiger partial charge in [-0.2, -0.15) is 0 Å². The summed E-state index contributed by atoms with van der Waals surface area (Å²) in [7, 11) is 0. The maximum absolute atomic E-state index is 13.7. The molecular formula is C16H22ClFN2. The average molecular weight is 297 g/mol. The molecule has 1 aliphatic carbocycles. The van der Waals surface area contributed by atoms with Crippen LogP contribution < -0.4 is 5.32 Å². The van der Waals surface area contributed by atoms with Crippen LogP contribution in [-0.2, 0) is 0 Å². The van der Waals surface area contributed by atoms with E-state index in [9.17, 15) is 4.39 Å². The van der Waals surface area contributed by atoms with Crippen molar-refractivity contribution in [3.63, 3.8) is 0 Å². The highest BCUT2D eigenvalue weighted by Crippen LogP contribution is 2.40. The Morgan fingerprint density at radius 3 is 2.50 bits per heavy atom. The molecule has 2 fully saturated rings. The van der Waals surface area contributed by atoms with Crippen molar-refractivity contribution in [2.75, 3.05) is 26.2 Å². The Hall–Kier alpha value is -0.640. The maximum atomic E-state index is 13.7. The molecular weight excluding hydrogens is 275 g/mol. The third-order valence-electron chi connectivity index (χ3n) is 4.62. The van der Waals surface area contributed by atoms with E-state index in [1.54, 1.807) is 6.07 Å². The highest BCUT2D eigenvalue weighted by atomic mass is 35.5. The summed E-state index contributed by atoms with van der Waals surface area (Å²) in [5.74, 6) is 0.427. The SMILES string of the molecule is Fc1cc(Cl)cc([C@@H](C2CCCC2)N2CCNCC2)c1. The van der Waals surface area contributed by atoms with Crippen molar-refractivity contribution >= 4 is 11.6 Å². The molecule has 1 aromatic rings. The van der Waals surface area contributed by atoms with E-state index in [0.717, 1.165) is 31.7 Å². The van der Waals surface area contributed by atoms with Gasteiger partial charge in [-0.1, -0.05) is 24.4 Å². The lowest BCUT2D eigenvalue weighted by Crippen LogP contribution is -2.46. The van der Waals surface area contributed by atoms with Crippen molar-refractivity contribution in [3.8, 4) is 0 Å². The van der Waals surface area contributed by atoms with Gasteiger partial charge < -0.3 is 5.32 Å². The maximum Gasteiger partial charge on any atom is 0.125 e. The van der Waals surface area contributed by atoms with E-state index in [4.69, 9.17) is 11.6 Å². The smallest absolute Gasteiger partial charge is 0.125 e. The van der Waals surface area contributed by atoms with Gasteiger partial charge in [-0.25, -0.2) is 4.39 Å². The molecule has 0 unspecified atom stereocenters. The second kappa shape index (κ2) is 6.42. The van der Waals surface area contributed by atoms with Crippen LogP contribution in [0.15, 0.2) is 18.2 Å². The minimum Gasteiger partial charge on any atom is -0.314 e. The molecule has 1 saturated carbocycles. The molecule has 0 radical (unpaired) electrons. The van der Waals surface area contributed by atoms with Gasteiger partial charge in [-0.05, 0) is 42.5 Å². The predicted octanol–water partition coefficient (Wildman–Crippen LogP) is 3.62. The molecule has 3 rings (SSSR count). The molecule has 1 saturated heterocycles. The van der Waals surface area contributed by atoms with Gasteiger partial charge in [0.25, 0.3) is 0 Å². The second-order valence-electron chi connectivity index (χ2n) is 5.98. The van der Waals surface area contributed by atoms with Gasteiger partial charge in [0.15, 0.2) is 0 Å². The van der Waals surface area contributed by atoms with Crippen LogP contribution in [0.2, 0.25) is 5.02 Å². The first-order valence-electron chi connectivity index (χ1n) is 7.65. The molecule has 0 spiro atoms. The third-order valence-corrected chi connectivity index (χ3v) is 4.84. The highest BCUT2D eigenvalue weighted by Gasteiger charge is 2.32. The van der Waals surface area contributed by atoms with Crippen LogP contribution in [0.25, 0.3) is 0 Å². The molecule has 0 aromatic heterocycles. The minimum atomic E-state index is -0.217. The Morgan fingerprint density at radius 2 is 1.85 bits per heavy atom. The summed E-state index contributed by atoms with van der Waals surface area (Å²) >= 11 is 6.07. The van der Waals surface area contributed by atoms with Crippen LogP contribution in [0.5, 0.6) is 0 Å². The van der Waals surface area contributed by atoms with Gasteiger partial charge in [0, 0.05) is 37.2 Å². The minimum absolute atomic E-state index is 0.217. The molecule has 20 heavy (non-hydrogen) atoms. The third kappa shape index (κ3) is 3.16. The van der Waals surface area contributed by atoms with Crippen molar-refractivity contribution in [1.29, 1.82) is 0 Å². The summed E-state index contributed by atoms with van der Waals surface area (Å²) in [5, 5.41) is 3.90. The van der Waals surface area contributed by atoms with Crippen molar-refractivity contribution in [3.05, 3.63) is 34.6 Å². The Labute approximate surface area is 125 Å². The van der Waals surface area contributed by atoms with E-state index in [0.29, 0.717) is 17.0 Å². The molecule has 1 heterocycles. The zero-order valence-corrected chi connectivity index (χ0v) is 12.5. The standard InChI is InChI=1S/C16H22ClFN2/c17-14-9-13(10-15(18)11-14)16(12-3-1-2-4-12)20-7-5-19-6-8-20/h9-12,16,19H,1-8H2/t16-/m1/s1. The number of rotatable bonds is 3. The summed E-state index contributed by atoms with van der Waals surface area (Å²) in [6.45, 7) is 4.11. The van der Waals surface area contributed by atoms with E-state index in [1.165, 1.54) is 31.7 Å². The molecule has 0 bridgehead atoms. The molecule has 1 aromatic carbocycles. The van der Waals surface area contributed by atoms with Crippen LogP contribution >= 0.6 is 11.6 Å². The molecule has 1 N–H and O–H groups in total. The van der Waals surface area contributed by atoms with Crippen LogP contribution in [0, 0.1) is 11.7 Å². The van der Waals surface area contributed by atoms with E-state index >= 15 is 0 Å². The fourth-order valence-corrected chi connectivity index (χ4v) is 3.99. The molecule has 4 heteroatoms. The molecule has 0 amide bonds. The number of halogens is 2. The van der Waals surface area contributed by atoms with Gasteiger partial charge in [-0.3, -0.25) is 4.90 Å². The lowest BCUT2D eigenvalue weighted by atomic mass is 9.89. The summed E-state index contributed by atoms with van der Waals surface area (Å²) in [6, 6.07) is 5.36. The van der Waals surface area contributed by atoms with E-state index in [2.05, 4.69) is 10.2 Å². The molecule has 1 atom stereocenters. The quantitative estimate of drug-likeness (QED) is 0.916. The largest absolute Gasteiger partial charge is 0.314 e. The van der Waals surface area contributed by atoms with Crippen LogP contribution in [0.1, 0.15) is 37.3 Å². The number of benzene rings is 1. The van der Waals surface area contributed by atoms with Crippen LogP contribution in [0.3, 0.4) is 0 Å². The fraction of sp³-hybridized carbons (Fsp3) is 0.625. The summed E-state index contributed by atoms with van der Waals surface area (Å²) in [5.41, 5.74) is 1.06.